The van der Waals surface area contributed by atoms with Gasteiger partial charge in [0.2, 0.25) is 5.95 Å². The molecule has 2 atom stereocenters. The summed E-state index contributed by atoms with van der Waals surface area (Å²) >= 11 is 0. The zero-order chi connectivity index (χ0) is 10.5. The molecule has 2 unspecified atom stereocenters. The first-order valence-corrected chi connectivity index (χ1v) is 5.87. The standard InChI is InChI=1S/C12H19N3/c1-10-5-2-3-6-11(10)9-15-12-13-7-4-8-14-12/h4,7-8,10-11H,2-3,5-6,9H2,1H3,(H,13,14,15). The van der Waals surface area contributed by atoms with E-state index in [0.717, 1.165) is 24.3 Å². The lowest BCUT2D eigenvalue weighted by Gasteiger charge is -2.28. The fourth-order valence-electron chi connectivity index (χ4n) is 2.31. The second-order valence-corrected chi connectivity index (χ2v) is 4.48. The van der Waals surface area contributed by atoms with Crippen molar-refractivity contribution in [3.63, 3.8) is 0 Å². The van der Waals surface area contributed by atoms with Crippen LogP contribution in [0.15, 0.2) is 18.5 Å². The van der Waals surface area contributed by atoms with Crippen molar-refractivity contribution in [1.82, 2.24) is 9.97 Å². The highest BCUT2D eigenvalue weighted by atomic mass is 15.1. The van der Waals surface area contributed by atoms with Gasteiger partial charge < -0.3 is 5.32 Å². The Morgan fingerprint density at radius 3 is 2.73 bits per heavy atom. The minimum atomic E-state index is 0.760. The third kappa shape index (κ3) is 2.91. The Labute approximate surface area is 91.3 Å². The molecule has 1 aliphatic carbocycles. The van der Waals surface area contributed by atoms with Gasteiger partial charge in [0.1, 0.15) is 0 Å². The zero-order valence-electron chi connectivity index (χ0n) is 9.32. The second kappa shape index (κ2) is 5.10. The van der Waals surface area contributed by atoms with Crippen molar-refractivity contribution < 1.29 is 0 Å². The molecule has 0 saturated heterocycles. The highest BCUT2D eigenvalue weighted by Crippen LogP contribution is 2.29. The summed E-state index contributed by atoms with van der Waals surface area (Å²) in [5.41, 5.74) is 0. The van der Waals surface area contributed by atoms with Crippen LogP contribution in [0.4, 0.5) is 5.95 Å². The largest absolute Gasteiger partial charge is 0.354 e. The predicted octanol–water partition coefficient (Wildman–Crippen LogP) is 2.71. The third-order valence-corrected chi connectivity index (χ3v) is 3.38. The van der Waals surface area contributed by atoms with Crippen molar-refractivity contribution in [2.45, 2.75) is 32.6 Å². The van der Waals surface area contributed by atoms with E-state index < -0.39 is 0 Å². The van der Waals surface area contributed by atoms with Gasteiger partial charge in [0.05, 0.1) is 0 Å². The average molecular weight is 205 g/mol. The number of nitrogens with one attached hydrogen (secondary N) is 1. The summed E-state index contributed by atoms with van der Waals surface area (Å²) in [7, 11) is 0. The number of anilines is 1. The highest BCUT2D eigenvalue weighted by molar-refractivity contribution is 5.22. The lowest BCUT2D eigenvalue weighted by molar-refractivity contribution is 0.268. The van der Waals surface area contributed by atoms with E-state index in [1.54, 1.807) is 12.4 Å². The van der Waals surface area contributed by atoms with Crippen LogP contribution in [0, 0.1) is 11.8 Å². The van der Waals surface area contributed by atoms with Gasteiger partial charge in [0.15, 0.2) is 0 Å². The Morgan fingerprint density at radius 2 is 2.00 bits per heavy atom. The quantitative estimate of drug-likeness (QED) is 0.824. The normalized spacial score (nSPS) is 26.2. The molecule has 3 heteroatoms. The molecule has 0 amide bonds. The fraction of sp³-hybridized carbons (Fsp3) is 0.667. The van der Waals surface area contributed by atoms with Crippen molar-refractivity contribution in [3.8, 4) is 0 Å². The summed E-state index contributed by atoms with van der Waals surface area (Å²) in [6.07, 6.45) is 9.06. The van der Waals surface area contributed by atoms with Gasteiger partial charge in [-0.15, -0.1) is 0 Å². The van der Waals surface area contributed by atoms with Crippen LogP contribution in [0.5, 0.6) is 0 Å². The van der Waals surface area contributed by atoms with Gasteiger partial charge in [-0.2, -0.15) is 0 Å². The van der Waals surface area contributed by atoms with E-state index in [9.17, 15) is 0 Å². The molecule has 0 bridgehead atoms. The summed E-state index contributed by atoms with van der Waals surface area (Å²) in [4.78, 5) is 8.33. The van der Waals surface area contributed by atoms with Crippen molar-refractivity contribution >= 4 is 5.95 Å². The number of aromatic nitrogens is 2. The maximum atomic E-state index is 4.17. The van der Waals surface area contributed by atoms with Crippen molar-refractivity contribution in [2.75, 3.05) is 11.9 Å². The van der Waals surface area contributed by atoms with E-state index in [0.29, 0.717) is 0 Å². The number of hydrogen-bond donors (Lipinski definition) is 1. The van der Waals surface area contributed by atoms with Crippen LogP contribution in [-0.2, 0) is 0 Å². The minimum absolute atomic E-state index is 0.760. The molecule has 82 valence electrons. The van der Waals surface area contributed by atoms with Gasteiger partial charge in [-0.3, -0.25) is 0 Å². The van der Waals surface area contributed by atoms with Crippen LogP contribution in [0.2, 0.25) is 0 Å². The molecule has 1 aromatic heterocycles. The Bertz CT molecular complexity index is 286. The topological polar surface area (TPSA) is 37.8 Å². The zero-order valence-corrected chi connectivity index (χ0v) is 9.32. The van der Waals surface area contributed by atoms with Gasteiger partial charge in [0.25, 0.3) is 0 Å². The van der Waals surface area contributed by atoms with Crippen LogP contribution < -0.4 is 5.32 Å². The van der Waals surface area contributed by atoms with Gasteiger partial charge in [0, 0.05) is 18.9 Å². The molecule has 1 aliphatic rings. The van der Waals surface area contributed by atoms with Crippen molar-refractivity contribution in [3.05, 3.63) is 18.5 Å². The number of hydrogen-bond acceptors (Lipinski definition) is 3. The minimum Gasteiger partial charge on any atom is -0.354 e. The molecule has 1 heterocycles. The van der Waals surface area contributed by atoms with Gasteiger partial charge >= 0.3 is 0 Å². The van der Waals surface area contributed by atoms with E-state index in [-0.39, 0.29) is 0 Å². The lowest BCUT2D eigenvalue weighted by Crippen LogP contribution is -2.24. The summed E-state index contributed by atoms with van der Waals surface area (Å²) in [6.45, 7) is 3.38. The summed E-state index contributed by atoms with van der Waals surface area (Å²) in [5, 5.41) is 3.32. The molecule has 0 aromatic carbocycles. The Hall–Kier alpha value is -1.12. The first kappa shape index (κ1) is 10.4. The summed E-state index contributed by atoms with van der Waals surface area (Å²) < 4.78 is 0. The molecular formula is C12H19N3. The van der Waals surface area contributed by atoms with Crippen molar-refractivity contribution in [2.24, 2.45) is 11.8 Å². The first-order chi connectivity index (χ1) is 7.36. The maximum absolute atomic E-state index is 4.17. The van der Waals surface area contributed by atoms with E-state index in [4.69, 9.17) is 0 Å². The van der Waals surface area contributed by atoms with Crippen LogP contribution in [0.3, 0.4) is 0 Å². The van der Waals surface area contributed by atoms with Gasteiger partial charge in [-0.05, 0) is 24.3 Å². The molecule has 3 nitrogen and oxygen atoms in total. The van der Waals surface area contributed by atoms with Gasteiger partial charge in [-0.1, -0.05) is 26.2 Å². The van der Waals surface area contributed by atoms with Crippen LogP contribution in [0.1, 0.15) is 32.6 Å². The molecular weight excluding hydrogens is 186 g/mol. The molecule has 0 radical (unpaired) electrons. The molecule has 15 heavy (non-hydrogen) atoms. The number of rotatable bonds is 3. The second-order valence-electron chi connectivity index (χ2n) is 4.48. The van der Waals surface area contributed by atoms with Gasteiger partial charge in [-0.25, -0.2) is 9.97 Å². The molecule has 1 fully saturated rings. The third-order valence-electron chi connectivity index (χ3n) is 3.38. The Balaban J connectivity index is 1.82. The first-order valence-electron chi connectivity index (χ1n) is 5.87. The smallest absolute Gasteiger partial charge is 0.222 e. The highest BCUT2D eigenvalue weighted by Gasteiger charge is 2.20. The maximum Gasteiger partial charge on any atom is 0.222 e. The van der Waals surface area contributed by atoms with Crippen LogP contribution in [0.25, 0.3) is 0 Å². The average Bonchev–Trinajstić information content (AvgIpc) is 2.29. The summed E-state index contributed by atoms with van der Waals surface area (Å²) in [6, 6.07) is 1.84. The van der Waals surface area contributed by atoms with E-state index in [1.165, 1.54) is 25.7 Å². The van der Waals surface area contributed by atoms with E-state index >= 15 is 0 Å². The fourth-order valence-corrected chi connectivity index (χ4v) is 2.31. The molecule has 0 spiro atoms. The Morgan fingerprint density at radius 1 is 1.27 bits per heavy atom. The molecule has 1 aromatic rings. The Kier molecular flexibility index (Phi) is 3.54. The molecule has 1 saturated carbocycles. The van der Waals surface area contributed by atoms with Crippen molar-refractivity contribution in [1.29, 1.82) is 0 Å². The van der Waals surface area contributed by atoms with E-state index in [2.05, 4.69) is 22.2 Å². The number of nitrogens with zero attached hydrogens (tertiary/aromatic N) is 2. The van der Waals surface area contributed by atoms with E-state index in [1.807, 2.05) is 6.07 Å². The monoisotopic (exact) mass is 205 g/mol. The molecule has 2 rings (SSSR count). The SMILES string of the molecule is CC1CCCCC1CNc1ncccn1. The molecule has 0 aliphatic heterocycles. The predicted molar refractivity (Wildman–Crippen MR) is 61.6 cm³/mol. The molecule has 1 N–H and O–H groups in total. The lowest BCUT2D eigenvalue weighted by atomic mass is 9.80. The summed E-state index contributed by atoms with van der Waals surface area (Å²) in [5.74, 6) is 2.40. The van der Waals surface area contributed by atoms with Crippen LogP contribution >= 0.6 is 0 Å². The van der Waals surface area contributed by atoms with Crippen LogP contribution in [-0.4, -0.2) is 16.5 Å².